The molecule has 19 heavy (non-hydrogen) atoms. The summed E-state index contributed by atoms with van der Waals surface area (Å²) in [6.07, 6.45) is 0. The lowest BCUT2D eigenvalue weighted by atomic mass is 10.1. The zero-order valence-electron chi connectivity index (χ0n) is 11.2. The molecule has 0 radical (unpaired) electrons. The smallest absolute Gasteiger partial charge is 0.261 e. The summed E-state index contributed by atoms with van der Waals surface area (Å²) < 4.78 is 0. The molecule has 2 rings (SSSR count). The Labute approximate surface area is 110 Å². The van der Waals surface area contributed by atoms with Crippen molar-refractivity contribution in [3.63, 3.8) is 0 Å². The number of hydrogen-bond donors (Lipinski definition) is 2. The van der Waals surface area contributed by atoms with Gasteiger partial charge in [-0.15, -0.1) is 0 Å². The van der Waals surface area contributed by atoms with Crippen LogP contribution >= 0.6 is 0 Å². The number of aryl methyl sites for hydroxylation is 2. The minimum Gasteiger partial charge on any atom is -0.353 e. The summed E-state index contributed by atoms with van der Waals surface area (Å²) in [6.45, 7) is 5.98. The number of aromatic amines is 1. The summed E-state index contributed by atoms with van der Waals surface area (Å²) in [5.74, 6) is -0.582. The molecule has 0 bridgehead atoms. The molecule has 0 aliphatic carbocycles. The van der Waals surface area contributed by atoms with Crippen LogP contribution in [0.3, 0.4) is 0 Å². The molecule has 1 unspecified atom stereocenters. The second-order valence-electron chi connectivity index (χ2n) is 4.81. The van der Waals surface area contributed by atoms with Crippen molar-refractivity contribution in [3.8, 4) is 0 Å². The zero-order chi connectivity index (χ0) is 14.2. The number of piperazine rings is 1. The van der Waals surface area contributed by atoms with Gasteiger partial charge >= 0.3 is 0 Å². The van der Waals surface area contributed by atoms with Crippen molar-refractivity contribution in [2.24, 2.45) is 0 Å². The maximum Gasteiger partial charge on any atom is 0.261 e. The van der Waals surface area contributed by atoms with Crippen LogP contribution in [0.4, 0.5) is 0 Å². The van der Waals surface area contributed by atoms with Gasteiger partial charge < -0.3 is 15.2 Å². The van der Waals surface area contributed by atoms with Gasteiger partial charge in [0, 0.05) is 18.8 Å². The van der Waals surface area contributed by atoms with E-state index in [1.807, 2.05) is 0 Å². The molecule has 0 aromatic carbocycles. The van der Waals surface area contributed by atoms with E-state index in [0.717, 1.165) is 0 Å². The van der Waals surface area contributed by atoms with E-state index in [1.165, 1.54) is 4.90 Å². The zero-order valence-corrected chi connectivity index (χ0v) is 11.2. The lowest BCUT2D eigenvalue weighted by molar-refractivity contribution is -0.127. The summed E-state index contributed by atoms with van der Waals surface area (Å²) in [5.41, 5.74) is 1.06. The van der Waals surface area contributed by atoms with Crippen molar-refractivity contribution in [1.29, 1.82) is 0 Å². The number of carbonyl (C=O) groups is 2. The second kappa shape index (κ2) is 4.87. The van der Waals surface area contributed by atoms with Gasteiger partial charge in [0.25, 0.3) is 11.5 Å². The van der Waals surface area contributed by atoms with Gasteiger partial charge in [-0.2, -0.15) is 0 Å². The van der Waals surface area contributed by atoms with Crippen LogP contribution in [-0.4, -0.2) is 40.8 Å². The van der Waals surface area contributed by atoms with Gasteiger partial charge in [0.2, 0.25) is 5.91 Å². The molecule has 6 heteroatoms. The Balaban J connectivity index is 2.40. The van der Waals surface area contributed by atoms with Gasteiger partial charge in [-0.3, -0.25) is 14.4 Å². The SMILES string of the molecule is Cc1cc(C)c(C(=O)N2CCNC(=O)C2C)c(=O)[nH]1. The van der Waals surface area contributed by atoms with Crippen molar-refractivity contribution in [2.75, 3.05) is 13.1 Å². The van der Waals surface area contributed by atoms with Crippen molar-refractivity contribution >= 4 is 11.8 Å². The van der Waals surface area contributed by atoms with E-state index in [-0.39, 0.29) is 17.4 Å². The molecular formula is C13H17N3O3. The number of aromatic nitrogens is 1. The molecule has 1 aromatic heterocycles. The fourth-order valence-electron chi connectivity index (χ4n) is 2.32. The van der Waals surface area contributed by atoms with Crippen LogP contribution in [-0.2, 0) is 4.79 Å². The third-order valence-corrected chi connectivity index (χ3v) is 3.34. The Bertz CT molecular complexity index is 591. The average molecular weight is 263 g/mol. The van der Waals surface area contributed by atoms with Gasteiger partial charge in [0.1, 0.15) is 11.6 Å². The van der Waals surface area contributed by atoms with E-state index in [9.17, 15) is 14.4 Å². The number of pyridine rings is 1. The minimum absolute atomic E-state index is 0.118. The summed E-state index contributed by atoms with van der Waals surface area (Å²) in [4.78, 5) is 40.0. The molecule has 1 fully saturated rings. The standard InChI is InChI=1S/C13H17N3O3/c1-7-6-8(2)15-12(18)10(7)13(19)16-5-4-14-11(17)9(16)3/h6,9H,4-5H2,1-3H3,(H,14,17)(H,15,18). The summed E-state index contributed by atoms with van der Waals surface area (Å²) >= 11 is 0. The van der Waals surface area contributed by atoms with Crippen LogP contribution < -0.4 is 10.9 Å². The Kier molecular flexibility index (Phi) is 3.42. The number of H-pyrrole nitrogens is 1. The quantitative estimate of drug-likeness (QED) is 0.745. The second-order valence-corrected chi connectivity index (χ2v) is 4.81. The van der Waals surface area contributed by atoms with Crippen LogP contribution in [0.15, 0.2) is 10.9 Å². The first-order chi connectivity index (χ1) is 8.91. The predicted molar refractivity (Wildman–Crippen MR) is 70.0 cm³/mol. The first-order valence-corrected chi connectivity index (χ1v) is 6.21. The first-order valence-electron chi connectivity index (χ1n) is 6.21. The largest absolute Gasteiger partial charge is 0.353 e. The highest BCUT2D eigenvalue weighted by Gasteiger charge is 2.31. The highest BCUT2D eigenvalue weighted by atomic mass is 16.2. The fraction of sp³-hybridized carbons (Fsp3) is 0.462. The summed E-state index contributed by atoms with van der Waals surface area (Å²) in [7, 11) is 0. The van der Waals surface area contributed by atoms with E-state index >= 15 is 0 Å². The number of amides is 2. The normalized spacial score (nSPS) is 19.2. The number of rotatable bonds is 1. The molecule has 2 N–H and O–H groups in total. The molecule has 1 aliphatic heterocycles. The van der Waals surface area contributed by atoms with E-state index in [2.05, 4.69) is 10.3 Å². The number of nitrogens with zero attached hydrogens (tertiary/aromatic N) is 1. The van der Waals surface area contributed by atoms with Gasteiger partial charge in [-0.05, 0) is 32.4 Å². The lowest BCUT2D eigenvalue weighted by Gasteiger charge is -2.32. The van der Waals surface area contributed by atoms with Crippen LogP contribution in [0.1, 0.15) is 28.5 Å². The molecule has 0 spiro atoms. The molecule has 1 aliphatic rings. The van der Waals surface area contributed by atoms with Crippen LogP contribution in [0.2, 0.25) is 0 Å². The van der Waals surface area contributed by atoms with E-state index < -0.39 is 11.6 Å². The molecule has 2 amide bonds. The molecule has 1 saturated heterocycles. The van der Waals surface area contributed by atoms with E-state index in [1.54, 1.807) is 26.8 Å². The lowest BCUT2D eigenvalue weighted by Crippen LogP contribution is -2.56. The number of carbonyl (C=O) groups excluding carboxylic acids is 2. The van der Waals surface area contributed by atoms with Crippen molar-refractivity contribution < 1.29 is 9.59 Å². The molecule has 102 valence electrons. The van der Waals surface area contributed by atoms with Gasteiger partial charge in [0.05, 0.1) is 0 Å². The summed E-state index contributed by atoms with van der Waals surface area (Å²) in [6, 6.07) is 1.20. The topological polar surface area (TPSA) is 82.3 Å². The van der Waals surface area contributed by atoms with Gasteiger partial charge in [-0.1, -0.05) is 0 Å². The summed E-state index contributed by atoms with van der Waals surface area (Å²) in [5, 5.41) is 2.69. The van der Waals surface area contributed by atoms with Crippen molar-refractivity contribution in [2.45, 2.75) is 26.8 Å². The average Bonchev–Trinajstić information content (AvgIpc) is 2.31. The molecule has 0 saturated carbocycles. The van der Waals surface area contributed by atoms with E-state index in [4.69, 9.17) is 0 Å². The molecule has 1 atom stereocenters. The third-order valence-electron chi connectivity index (χ3n) is 3.34. The third kappa shape index (κ3) is 2.38. The highest BCUT2D eigenvalue weighted by Crippen LogP contribution is 2.12. The Morgan fingerprint density at radius 2 is 2.05 bits per heavy atom. The number of hydrogen-bond acceptors (Lipinski definition) is 3. The minimum atomic E-state index is -0.554. The predicted octanol–water partition coefficient (Wildman–Crippen LogP) is -0.0478. The van der Waals surface area contributed by atoms with Crippen LogP contribution in [0, 0.1) is 13.8 Å². The van der Waals surface area contributed by atoms with Gasteiger partial charge in [0.15, 0.2) is 0 Å². The fourth-order valence-corrected chi connectivity index (χ4v) is 2.32. The molecule has 6 nitrogen and oxygen atoms in total. The van der Waals surface area contributed by atoms with Gasteiger partial charge in [-0.25, -0.2) is 0 Å². The maximum absolute atomic E-state index is 12.4. The molecule has 1 aromatic rings. The molecule has 2 heterocycles. The Morgan fingerprint density at radius 3 is 2.68 bits per heavy atom. The Hall–Kier alpha value is -2.11. The van der Waals surface area contributed by atoms with Crippen LogP contribution in [0.25, 0.3) is 0 Å². The van der Waals surface area contributed by atoms with Crippen LogP contribution in [0.5, 0.6) is 0 Å². The number of nitrogens with one attached hydrogen (secondary N) is 2. The highest BCUT2D eigenvalue weighted by molar-refractivity contribution is 5.98. The van der Waals surface area contributed by atoms with E-state index in [0.29, 0.717) is 24.3 Å². The first kappa shape index (κ1) is 13.3. The maximum atomic E-state index is 12.4. The monoisotopic (exact) mass is 263 g/mol. The molecular weight excluding hydrogens is 246 g/mol. The van der Waals surface area contributed by atoms with Crippen molar-refractivity contribution in [3.05, 3.63) is 33.2 Å². The Morgan fingerprint density at radius 1 is 1.37 bits per heavy atom. The van der Waals surface area contributed by atoms with Crippen molar-refractivity contribution in [1.82, 2.24) is 15.2 Å².